The molecular weight excluding hydrogens is 408 g/mol. The van der Waals surface area contributed by atoms with Crippen molar-refractivity contribution >= 4 is 27.3 Å². The van der Waals surface area contributed by atoms with Crippen LogP contribution in [0.1, 0.15) is 0 Å². The van der Waals surface area contributed by atoms with E-state index in [1.807, 2.05) is 0 Å². The van der Waals surface area contributed by atoms with Gasteiger partial charge in [-0.1, -0.05) is 0 Å². The van der Waals surface area contributed by atoms with Gasteiger partial charge in [-0.25, -0.2) is 12.7 Å². The van der Waals surface area contributed by atoms with Crippen molar-refractivity contribution in [3.8, 4) is 11.5 Å². The van der Waals surface area contributed by atoms with Crippen LogP contribution < -0.4 is 20.1 Å². The van der Waals surface area contributed by atoms with E-state index in [9.17, 15) is 22.0 Å². The van der Waals surface area contributed by atoms with Crippen LogP contribution in [0.25, 0.3) is 0 Å². The summed E-state index contributed by atoms with van der Waals surface area (Å²) < 4.78 is 59.4. The Kier molecular flexibility index (Phi) is 7.35. The molecule has 0 aliphatic rings. The first-order chi connectivity index (χ1) is 13.6. The Balaban J connectivity index is 2.05. The summed E-state index contributed by atoms with van der Waals surface area (Å²) in [5.74, 6) is -0.0979. The molecule has 0 fully saturated rings. The van der Waals surface area contributed by atoms with Crippen LogP contribution in [0.4, 0.5) is 20.2 Å². The third-order valence-electron chi connectivity index (χ3n) is 3.75. The van der Waals surface area contributed by atoms with Crippen molar-refractivity contribution in [2.45, 2.75) is 11.5 Å². The van der Waals surface area contributed by atoms with Crippen molar-refractivity contribution in [1.29, 1.82) is 0 Å². The molecular formula is C18H21F2N3O5S. The van der Waals surface area contributed by atoms with Crippen molar-refractivity contribution in [1.82, 2.24) is 4.31 Å². The number of sulfonamides is 1. The number of ether oxygens (including phenoxy) is 2. The molecule has 0 aromatic heterocycles. The highest BCUT2D eigenvalue weighted by Gasteiger charge is 2.19. The zero-order valence-electron chi connectivity index (χ0n) is 16.0. The first-order valence-electron chi connectivity index (χ1n) is 8.32. The second-order valence-electron chi connectivity index (χ2n) is 5.95. The number of methoxy groups -OCH3 is 1. The summed E-state index contributed by atoms with van der Waals surface area (Å²) in [5, 5.41) is 5.41. The monoisotopic (exact) mass is 429 g/mol. The van der Waals surface area contributed by atoms with E-state index in [4.69, 9.17) is 4.74 Å². The fraction of sp³-hybridized carbons (Fsp3) is 0.278. The maximum Gasteiger partial charge on any atom is 0.387 e. The van der Waals surface area contributed by atoms with Crippen LogP contribution in [0.5, 0.6) is 11.5 Å². The summed E-state index contributed by atoms with van der Waals surface area (Å²) in [5.41, 5.74) is 0.709. The van der Waals surface area contributed by atoms with Crippen LogP contribution in [0, 0.1) is 0 Å². The number of carbonyl (C=O) groups is 1. The van der Waals surface area contributed by atoms with Gasteiger partial charge in [-0.05, 0) is 42.5 Å². The fourth-order valence-corrected chi connectivity index (χ4v) is 3.23. The normalized spacial score (nSPS) is 11.4. The number of amides is 1. The maximum absolute atomic E-state index is 12.3. The van der Waals surface area contributed by atoms with E-state index in [0.29, 0.717) is 17.1 Å². The van der Waals surface area contributed by atoms with Gasteiger partial charge in [0.15, 0.2) is 0 Å². The van der Waals surface area contributed by atoms with E-state index < -0.39 is 22.5 Å². The topological polar surface area (TPSA) is 97.0 Å². The Labute approximate surface area is 167 Å². The van der Waals surface area contributed by atoms with Crippen molar-refractivity contribution in [2.75, 3.05) is 38.4 Å². The smallest absolute Gasteiger partial charge is 0.387 e. The van der Waals surface area contributed by atoms with E-state index in [1.54, 1.807) is 0 Å². The zero-order valence-corrected chi connectivity index (χ0v) is 16.8. The quantitative estimate of drug-likeness (QED) is 0.636. The first-order valence-corrected chi connectivity index (χ1v) is 9.76. The van der Waals surface area contributed by atoms with E-state index in [0.717, 1.165) is 4.31 Å². The summed E-state index contributed by atoms with van der Waals surface area (Å²) in [6.45, 7) is -3.11. The van der Waals surface area contributed by atoms with Crippen LogP contribution in [0.15, 0.2) is 47.4 Å². The predicted molar refractivity (Wildman–Crippen MR) is 104 cm³/mol. The number of hydrogen-bond acceptors (Lipinski definition) is 6. The average Bonchev–Trinajstić information content (AvgIpc) is 2.67. The molecule has 0 aliphatic heterocycles. The van der Waals surface area contributed by atoms with Crippen LogP contribution in [0.2, 0.25) is 0 Å². The Morgan fingerprint density at radius 3 is 2.34 bits per heavy atom. The third kappa shape index (κ3) is 6.03. The number of halogens is 2. The van der Waals surface area contributed by atoms with Gasteiger partial charge in [-0.15, -0.1) is 0 Å². The number of hydrogen-bond donors (Lipinski definition) is 2. The lowest BCUT2D eigenvalue weighted by Crippen LogP contribution is -2.23. The Morgan fingerprint density at radius 1 is 1.14 bits per heavy atom. The van der Waals surface area contributed by atoms with Gasteiger partial charge < -0.3 is 20.1 Å². The number of nitrogens with zero attached hydrogens (tertiary/aromatic N) is 1. The molecule has 2 rings (SSSR count). The molecule has 0 heterocycles. The SMILES string of the molecule is COc1ccc(S(=O)(=O)N(C)C)cc1NCC(=O)Nc1ccc(OC(F)F)cc1. The lowest BCUT2D eigenvalue weighted by atomic mass is 10.3. The molecule has 0 spiro atoms. The molecule has 0 unspecified atom stereocenters. The van der Waals surface area contributed by atoms with E-state index >= 15 is 0 Å². The highest BCUT2D eigenvalue weighted by Crippen LogP contribution is 2.28. The second kappa shape index (κ2) is 9.52. The van der Waals surface area contributed by atoms with Crippen LogP contribution in [0.3, 0.4) is 0 Å². The number of alkyl halides is 2. The average molecular weight is 429 g/mol. The molecule has 0 radical (unpaired) electrons. The Morgan fingerprint density at radius 2 is 1.79 bits per heavy atom. The summed E-state index contributed by atoms with van der Waals surface area (Å²) >= 11 is 0. The molecule has 2 aromatic carbocycles. The van der Waals surface area contributed by atoms with Gasteiger partial charge in [0.05, 0.1) is 24.2 Å². The van der Waals surface area contributed by atoms with Crippen molar-refractivity contribution in [3.05, 3.63) is 42.5 Å². The number of benzene rings is 2. The van der Waals surface area contributed by atoms with Gasteiger partial charge in [0.2, 0.25) is 15.9 Å². The molecule has 0 saturated heterocycles. The minimum Gasteiger partial charge on any atom is -0.495 e. The number of anilines is 2. The molecule has 2 N–H and O–H groups in total. The molecule has 8 nitrogen and oxygen atoms in total. The lowest BCUT2D eigenvalue weighted by molar-refractivity contribution is -0.114. The second-order valence-corrected chi connectivity index (χ2v) is 8.11. The van der Waals surface area contributed by atoms with Crippen LogP contribution >= 0.6 is 0 Å². The first kappa shape index (κ1) is 22.4. The summed E-state index contributed by atoms with van der Waals surface area (Å²) in [7, 11) is 0.597. The largest absolute Gasteiger partial charge is 0.495 e. The molecule has 0 aliphatic carbocycles. The Bertz CT molecular complexity index is 950. The summed E-state index contributed by atoms with van der Waals surface area (Å²) in [6, 6.07) is 9.70. The Hall–Kier alpha value is -2.92. The van der Waals surface area contributed by atoms with Gasteiger partial charge in [-0.2, -0.15) is 8.78 Å². The minimum atomic E-state index is -3.65. The highest BCUT2D eigenvalue weighted by molar-refractivity contribution is 7.89. The zero-order chi connectivity index (χ0) is 21.6. The standard InChI is InChI=1S/C18H21F2N3O5S/c1-23(2)29(25,26)14-8-9-16(27-3)15(10-14)21-11-17(24)22-12-4-6-13(7-5-12)28-18(19)20/h4-10,18,21H,11H2,1-3H3,(H,22,24). The number of rotatable bonds is 9. The third-order valence-corrected chi connectivity index (χ3v) is 5.56. The number of nitrogens with one attached hydrogen (secondary N) is 2. The number of carbonyl (C=O) groups excluding carboxylic acids is 1. The van der Waals surface area contributed by atoms with Gasteiger partial charge in [-0.3, -0.25) is 4.79 Å². The molecule has 2 aromatic rings. The predicted octanol–water partition coefficient (Wildman–Crippen LogP) is 2.60. The molecule has 0 atom stereocenters. The fourth-order valence-electron chi connectivity index (χ4n) is 2.30. The molecule has 0 bridgehead atoms. The minimum absolute atomic E-state index is 0.0280. The van der Waals surface area contributed by atoms with E-state index in [1.165, 1.54) is 63.7 Å². The molecule has 11 heteroatoms. The summed E-state index contributed by atoms with van der Waals surface area (Å²) in [6.07, 6.45) is 0. The molecule has 158 valence electrons. The van der Waals surface area contributed by atoms with Gasteiger partial charge in [0.25, 0.3) is 0 Å². The van der Waals surface area contributed by atoms with E-state index in [-0.39, 0.29) is 17.2 Å². The van der Waals surface area contributed by atoms with Crippen LogP contribution in [-0.2, 0) is 14.8 Å². The van der Waals surface area contributed by atoms with Crippen LogP contribution in [-0.4, -0.2) is 53.0 Å². The van der Waals surface area contributed by atoms with Gasteiger partial charge >= 0.3 is 6.61 Å². The molecule has 29 heavy (non-hydrogen) atoms. The van der Waals surface area contributed by atoms with E-state index in [2.05, 4.69) is 15.4 Å². The summed E-state index contributed by atoms with van der Waals surface area (Å²) in [4.78, 5) is 12.2. The van der Waals surface area contributed by atoms with Crippen molar-refractivity contribution in [3.63, 3.8) is 0 Å². The highest BCUT2D eigenvalue weighted by atomic mass is 32.2. The molecule has 1 amide bonds. The maximum atomic E-state index is 12.3. The van der Waals surface area contributed by atoms with Crippen molar-refractivity contribution < 1.29 is 31.5 Å². The van der Waals surface area contributed by atoms with Crippen molar-refractivity contribution in [2.24, 2.45) is 0 Å². The molecule has 0 saturated carbocycles. The van der Waals surface area contributed by atoms with Gasteiger partial charge in [0.1, 0.15) is 11.5 Å². The van der Waals surface area contributed by atoms with Gasteiger partial charge in [0, 0.05) is 19.8 Å². The lowest BCUT2D eigenvalue weighted by Gasteiger charge is -2.15.